The lowest BCUT2D eigenvalue weighted by atomic mass is 10.3. The Morgan fingerprint density at radius 1 is 1.25 bits per heavy atom. The largest absolute Gasteiger partial charge is 0.494 e. The summed E-state index contributed by atoms with van der Waals surface area (Å²) in [5.41, 5.74) is 0.0194. The number of carboxylic acids is 1. The van der Waals surface area contributed by atoms with Crippen LogP contribution in [0, 0.1) is 0 Å². The second-order valence-corrected chi connectivity index (χ2v) is 4.22. The van der Waals surface area contributed by atoms with Crippen molar-refractivity contribution in [3.63, 3.8) is 0 Å². The number of hydrogen-bond donors (Lipinski definition) is 1. The summed E-state index contributed by atoms with van der Waals surface area (Å²) in [5, 5.41) is 9.00. The SMILES string of the molecule is CCOc1ccc(Oc2cc(C(=O)O)cc(Cl)n2)cc1. The first-order valence-corrected chi connectivity index (χ1v) is 6.28. The number of benzene rings is 1. The van der Waals surface area contributed by atoms with E-state index >= 15 is 0 Å². The van der Waals surface area contributed by atoms with Crippen molar-refractivity contribution >= 4 is 17.6 Å². The summed E-state index contributed by atoms with van der Waals surface area (Å²) in [6.45, 7) is 2.48. The maximum Gasteiger partial charge on any atom is 0.335 e. The standard InChI is InChI=1S/C14H12ClNO4/c1-2-19-10-3-5-11(6-4-10)20-13-8-9(14(17)18)7-12(15)16-13/h3-8H,2H2,1H3,(H,17,18). The van der Waals surface area contributed by atoms with Gasteiger partial charge in [-0.2, -0.15) is 0 Å². The zero-order valence-electron chi connectivity index (χ0n) is 10.7. The van der Waals surface area contributed by atoms with E-state index < -0.39 is 5.97 Å². The van der Waals surface area contributed by atoms with Gasteiger partial charge in [0.2, 0.25) is 5.88 Å². The van der Waals surface area contributed by atoms with Crippen LogP contribution in [0.3, 0.4) is 0 Å². The molecule has 0 fully saturated rings. The summed E-state index contributed by atoms with van der Waals surface area (Å²) in [4.78, 5) is 14.8. The molecule has 0 aliphatic carbocycles. The third-order valence-electron chi connectivity index (χ3n) is 2.37. The van der Waals surface area contributed by atoms with Gasteiger partial charge in [0.15, 0.2) is 0 Å². The van der Waals surface area contributed by atoms with E-state index in [4.69, 9.17) is 26.2 Å². The number of aromatic carboxylic acids is 1. The molecule has 0 saturated heterocycles. The highest BCUT2D eigenvalue weighted by molar-refractivity contribution is 6.29. The lowest BCUT2D eigenvalue weighted by molar-refractivity contribution is 0.0696. The Labute approximate surface area is 120 Å². The van der Waals surface area contributed by atoms with E-state index in [1.807, 2.05) is 6.92 Å². The highest BCUT2D eigenvalue weighted by atomic mass is 35.5. The average Bonchev–Trinajstić information content (AvgIpc) is 2.40. The Morgan fingerprint density at radius 3 is 2.50 bits per heavy atom. The number of halogens is 1. The van der Waals surface area contributed by atoms with Crippen molar-refractivity contribution in [3.05, 3.63) is 47.1 Å². The Balaban J connectivity index is 2.19. The van der Waals surface area contributed by atoms with Gasteiger partial charge in [-0.25, -0.2) is 9.78 Å². The molecule has 2 rings (SSSR count). The number of pyridine rings is 1. The Bertz CT molecular complexity index is 613. The van der Waals surface area contributed by atoms with Gasteiger partial charge < -0.3 is 14.6 Å². The molecule has 1 heterocycles. The first kappa shape index (κ1) is 14.1. The van der Waals surface area contributed by atoms with Gasteiger partial charge in [-0.05, 0) is 37.3 Å². The van der Waals surface area contributed by atoms with Crippen molar-refractivity contribution in [2.45, 2.75) is 6.92 Å². The number of ether oxygens (including phenoxy) is 2. The highest BCUT2D eigenvalue weighted by Crippen LogP contribution is 2.24. The topological polar surface area (TPSA) is 68.7 Å². The van der Waals surface area contributed by atoms with Crippen molar-refractivity contribution in [3.8, 4) is 17.4 Å². The number of carboxylic acid groups (broad SMARTS) is 1. The molecule has 0 bridgehead atoms. The van der Waals surface area contributed by atoms with Gasteiger partial charge in [-0.1, -0.05) is 11.6 Å². The van der Waals surface area contributed by atoms with Gasteiger partial charge >= 0.3 is 5.97 Å². The summed E-state index contributed by atoms with van der Waals surface area (Å²) < 4.78 is 10.8. The van der Waals surface area contributed by atoms with Gasteiger partial charge in [0.05, 0.1) is 12.2 Å². The lowest BCUT2D eigenvalue weighted by Crippen LogP contribution is -1.98. The van der Waals surface area contributed by atoms with E-state index in [9.17, 15) is 4.79 Å². The maximum absolute atomic E-state index is 10.9. The molecule has 0 radical (unpaired) electrons. The van der Waals surface area contributed by atoms with Crippen LogP contribution < -0.4 is 9.47 Å². The zero-order chi connectivity index (χ0) is 14.5. The molecular formula is C14H12ClNO4. The van der Waals surface area contributed by atoms with Crippen LogP contribution in [-0.2, 0) is 0 Å². The van der Waals surface area contributed by atoms with Crippen LogP contribution in [0.2, 0.25) is 5.15 Å². The predicted octanol–water partition coefficient (Wildman–Crippen LogP) is 3.62. The van der Waals surface area contributed by atoms with Gasteiger partial charge in [0.25, 0.3) is 0 Å². The second-order valence-electron chi connectivity index (χ2n) is 3.83. The summed E-state index contributed by atoms with van der Waals surface area (Å²) in [5.74, 6) is 0.273. The van der Waals surface area contributed by atoms with Crippen molar-refractivity contribution in [2.75, 3.05) is 6.61 Å². The van der Waals surface area contributed by atoms with Crippen LogP contribution in [0.4, 0.5) is 0 Å². The summed E-state index contributed by atoms with van der Waals surface area (Å²) in [6, 6.07) is 9.48. The van der Waals surface area contributed by atoms with Gasteiger partial charge in [0, 0.05) is 6.07 Å². The van der Waals surface area contributed by atoms with Crippen molar-refractivity contribution in [1.29, 1.82) is 0 Å². The molecular weight excluding hydrogens is 282 g/mol. The third kappa shape index (κ3) is 3.61. The number of hydrogen-bond acceptors (Lipinski definition) is 4. The minimum atomic E-state index is -1.09. The summed E-state index contributed by atoms with van der Waals surface area (Å²) >= 11 is 5.75. The molecule has 104 valence electrons. The van der Waals surface area contributed by atoms with Crippen molar-refractivity contribution < 1.29 is 19.4 Å². The molecule has 1 N–H and O–H groups in total. The molecule has 0 amide bonds. The maximum atomic E-state index is 10.9. The molecule has 0 spiro atoms. The zero-order valence-corrected chi connectivity index (χ0v) is 11.4. The monoisotopic (exact) mass is 293 g/mol. The molecule has 0 aliphatic rings. The number of rotatable bonds is 5. The summed E-state index contributed by atoms with van der Waals surface area (Å²) in [7, 11) is 0. The third-order valence-corrected chi connectivity index (χ3v) is 2.57. The van der Waals surface area contributed by atoms with E-state index in [1.54, 1.807) is 24.3 Å². The van der Waals surface area contributed by atoms with Crippen LogP contribution in [0.15, 0.2) is 36.4 Å². The van der Waals surface area contributed by atoms with Gasteiger partial charge in [-0.3, -0.25) is 0 Å². The van der Waals surface area contributed by atoms with Crippen molar-refractivity contribution in [1.82, 2.24) is 4.98 Å². The number of carbonyl (C=O) groups is 1. The van der Waals surface area contributed by atoms with E-state index in [2.05, 4.69) is 4.98 Å². The Morgan fingerprint density at radius 2 is 1.90 bits per heavy atom. The Hall–Kier alpha value is -2.27. The fraction of sp³-hybridized carbons (Fsp3) is 0.143. The molecule has 0 unspecified atom stereocenters. The fourth-order valence-corrected chi connectivity index (χ4v) is 1.74. The first-order valence-electron chi connectivity index (χ1n) is 5.90. The molecule has 5 nitrogen and oxygen atoms in total. The molecule has 0 atom stereocenters. The Kier molecular flexibility index (Phi) is 4.42. The van der Waals surface area contributed by atoms with E-state index in [0.717, 1.165) is 5.75 Å². The normalized spacial score (nSPS) is 10.1. The van der Waals surface area contributed by atoms with Crippen LogP contribution in [0.25, 0.3) is 0 Å². The molecule has 1 aromatic carbocycles. The van der Waals surface area contributed by atoms with E-state index in [-0.39, 0.29) is 16.6 Å². The lowest BCUT2D eigenvalue weighted by Gasteiger charge is -2.07. The molecule has 0 aliphatic heterocycles. The van der Waals surface area contributed by atoms with Crippen LogP contribution in [0.1, 0.15) is 17.3 Å². The van der Waals surface area contributed by atoms with Crippen LogP contribution in [-0.4, -0.2) is 22.7 Å². The molecule has 1 aromatic heterocycles. The van der Waals surface area contributed by atoms with E-state index in [1.165, 1.54) is 12.1 Å². The fourth-order valence-electron chi connectivity index (χ4n) is 1.54. The molecule has 20 heavy (non-hydrogen) atoms. The second kappa shape index (κ2) is 6.25. The first-order chi connectivity index (χ1) is 9.58. The minimum absolute atomic E-state index is 0.0194. The summed E-state index contributed by atoms with van der Waals surface area (Å²) in [6.07, 6.45) is 0. The minimum Gasteiger partial charge on any atom is -0.494 e. The van der Waals surface area contributed by atoms with Crippen LogP contribution in [0.5, 0.6) is 17.4 Å². The molecule has 6 heteroatoms. The van der Waals surface area contributed by atoms with Gasteiger partial charge in [0.1, 0.15) is 16.7 Å². The number of nitrogens with zero attached hydrogens (tertiary/aromatic N) is 1. The number of aromatic nitrogens is 1. The average molecular weight is 294 g/mol. The smallest absolute Gasteiger partial charge is 0.335 e. The highest BCUT2D eigenvalue weighted by Gasteiger charge is 2.09. The quantitative estimate of drug-likeness (QED) is 0.853. The van der Waals surface area contributed by atoms with Crippen LogP contribution >= 0.6 is 11.6 Å². The molecule has 2 aromatic rings. The van der Waals surface area contributed by atoms with Crippen molar-refractivity contribution in [2.24, 2.45) is 0 Å². The van der Waals surface area contributed by atoms with Gasteiger partial charge in [-0.15, -0.1) is 0 Å². The van der Waals surface area contributed by atoms with E-state index in [0.29, 0.717) is 12.4 Å². The molecule has 0 saturated carbocycles. The predicted molar refractivity (Wildman–Crippen MR) is 73.9 cm³/mol.